The number of carbonyl (C=O) groups is 2. The second kappa shape index (κ2) is 13.1. The predicted molar refractivity (Wildman–Crippen MR) is 211 cm³/mol. The number of aryl methyl sites for hydroxylation is 2. The fourth-order valence-corrected chi connectivity index (χ4v) is 12.7. The Morgan fingerprint density at radius 2 is 1.93 bits per heavy atom. The molecule has 4 aromatic rings. The Morgan fingerprint density at radius 3 is 2.70 bits per heavy atom. The molecule has 57 heavy (non-hydrogen) atoms. The number of aromatic amines is 1. The fraction of sp³-hybridized carbons (Fsp3) is 0.465. The van der Waals surface area contributed by atoms with Gasteiger partial charge in [0.2, 0.25) is 6.79 Å². The largest absolute Gasteiger partial charge is 0.504 e. The van der Waals surface area contributed by atoms with Crippen molar-refractivity contribution in [2.75, 3.05) is 46.5 Å². The number of nitrogens with zero attached hydrogens (tertiary/aromatic N) is 3. The van der Waals surface area contributed by atoms with Crippen molar-refractivity contribution in [1.29, 1.82) is 5.26 Å². The van der Waals surface area contributed by atoms with Gasteiger partial charge in [-0.2, -0.15) is 5.26 Å². The van der Waals surface area contributed by atoms with Gasteiger partial charge in [-0.25, -0.2) is 0 Å². The van der Waals surface area contributed by atoms with Crippen LogP contribution in [0.25, 0.3) is 10.9 Å². The summed E-state index contributed by atoms with van der Waals surface area (Å²) >= 11 is 1.59. The van der Waals surface area contributed by atoms with E-state index in [-0.39, 0.29) is 43.3 Å². The summed E-state index contributed by atoms with van der Waals surface area (Å²) in [6, 6.07) is 8.67. The van der Waals surface area contributed by atoms with Crippen molar-refractivity contribution in [2.45, 2.75) is 81.5 Å². The Kier molecular flexibility index (Phi) is 8.41. The summed E-state index contributed by atoms with van der Waals surface area (Å²) in [6.07, 6.45) is 1.28. The van der Waals surface area contributed by atoms with E-state index in [0.717, 1.165) is 62.0 Å². The molecule has 13 nitrogen and oxygen atoms in total. The van der Waals surface area contributed by atoms with Crippen LogP contribution >= 0.6 is 11.8 Å². The zero-order valence-electron chi connectivity index (χ0n) is 32.8. The van der Waals surface area contributed by atoms with Gasteiger partial charge in [0, 0.05) is 70.2 Å². The highest BCUT2D eigenvalue weighted by atomic mass is 32.2. The average Bonchev–Trinajstić information content (AvgIpc) is 3.81. The third kappa shape index (κ3) is 5.02. The molecule has 1 unspecified atom stereocenters. The summed E-state index contributed by atoms with van der Waals surface area (Å²) in [5, 5.41) is 27.6. The molecule has 2 saturated heterocycles. The van der Waals surface area contributed by atoms with E-state index < -0.39 is 40.9 Å². The molecule has 0 radical (unpaired) electrons. The molecule has 3 N–H and O–H groups in total. The van der Waals surface area contributed by atoms with Gasteiger partial charge >= 0.3 is 5.97 Å². The standard InChI is InChI=1S/C43H45N5O8S/c1-19-7-8-26-25(11-19)24-9-10-45-43(42(24)46-26)17-57-41-33-32(40-39(54-18-55-40)21(3)38(33)56-22(4)49)29(15-53-16-30(43)50)48-28(14-44)27-13-23-12-20(2)37(52-6)36(51)31(23)34(35(41)48)47(27)5/h7-8,11-12,27-29,34-35,41,45-46,51H,9-10,13,15-18H2,1-6H3/t27-,28-,29+,34+,35?,41+,43-/m0/s1. The van der Waals surface area contributed by atoms with E-state index in [1.54, 1.807) is 18.9 Å². The molecule has 0 aliphatic carbocycles. The number of ether oxygens (including phenoxy) is 5. The number of hydrogen-bond donors (Lipinski definition) is 3. The van der Waals surface area contributed by atoms with E-state index in [1.165, 1.54) is 6.92 Å². The van der Waals surface area contributed by atoms with Crippen LogP contribution in [0.4, 0.5) is 0 Å². The van der Waals surface area contributed by atoms with E-state index in [4.69, 9.17) is 23.7 Å². The van der Waals surface area contributed by atoms with Crippen LogP contribution in [0.1, 0.15) is 74.5 Å². The topological polar surface area (TPSA) is 159 Å². The Balaban J connectivity index is 1.26. The lowest BCUT2D eigenvalue weighted by Gasteiger charge is -2.61. The highest BCUT2D eigenvalue weighted by Gasteiger charge is 2.61. The monoisotopic (exact) mass is 791 g/mol. The van der Waals surface area contributed by atoms with Crippen LogP contribution in [-0.2, 0) is 32.7 Å². The Labute approximate surface area is 334 Å². The van der Waals surface area contributed by atoms with Gasteiger partial charge in [-0.3, -0.25) is 24.7 Å². The third-order valence-electron chi connectivity index (χ3n) is 13.3. The Morgan fingerprint density at radius 1 is 1.12 bits per heavy atom. The molecular weight excluding hydrogens is 747 g/mol. The number of aromatic nitrogens is 1. The van der Waals surface area contributed by atoms with E-state index >= 15 is 0 Å². The Hall–Kier alpha value is -4.78. The number of methoxy groups -OCH3 is 1. The van der Waals surface area contributed by atoms with Gasteiger partial charge in [-0.1, -0.05) is 17.7 Å². The number of Topliss-reactive ketones (excluding diaryl/α,β-unsaturated/α-hetero) is 1. The molecule has 2 fully saturated rings. The summed E-state index contributed by atoms with van der Waals surface area (Å²) in [6.45, 7) is 7.67. The molecule has 7 aliphatic heterocycles. The maximum Gasteiger partial charge on any atom is 0.308 e. The van der Waals surface area contributed by atoms with Gasteiger partial charge in [-0.05, 0) is 69.5 Å². The summed E-state index contributed by atoms with van der Waals surface area (Å²) in [5.41, 5.74) is 7.52. The van der Waals surface area contributed by atoms with Crippen LogP contribution in [0.15, 0.2) is 24.3 Å². The molecule has 7 aliphatic rings. The van der Waals surface area contributed by atoms with Crippen molar-refractivity contribution in [2.24, 2.45) is 0 Å². The van der Waals surface area contributed by atoms with E-state index in [2.05, 4.69) is 57.4 Å². The second-order valence-corrected chi connectivity index (χ2v) is 17.4. The number of ketones is 1. The number of phenolic OH excluding ortho intramolecular Hbond substituents is 1. The maximum absolute atomic E-state index is 14.9. The van der Waals surface area contributed by atoms with Crippen LogP contribution in [0.2, 0.25) is 0 Å². The van der Waals surface area contributed by atoms with Gasteiger partial charge < -0.3 is 33.8 Å². The summed E-state index contributed by atoms with van der Waals surface area (Å²) in [5.74, 6) is 1.57. The number of benzene rings is 3. The maximum atomic E-state index is 14.9. The molecular formula is C43H45N5O8S. The minimum atomic E-state index is -1.16. The number of likely N-dealkylation sites (N-methyl/N-ethyl adjacent to an activating group) is 1. The van der Waals surface area contributed by atoms with Crippen molar-refractivity contribution in [3.8, 4) is 34.8 Å². The average molecular weight is 792 g/mol. The van der Waals surface area contributed by atoms with Gasteiger partial charge in [0.25, 0.3) is 0 Å². The number of phenols is 1. The number of fused-ring (bicyclic) bond motifs is 12. The molecule has 8 heterocycles. The second-order valence-electron chi connectivity index (χ2n) is 16.3. The number of carbonyl (C=O) groups excluding carboxylic acids is 2. The molecule has 14 heteroatoms. The first-order valence-corrected chi connectivity index (χ1v) is 20.6. The number of rotatable bonds is 2. The number of esters is 1. The van der Waals surface area contributed by atoms with Crippen LogP contribution in [0.3, 0.4) is 0 Å². The van der Waals surface area contributed by atoms with Crippen LogP contribution in [0.5, 0.6) is 28.7 Å². The number of piperazine rings is 1. The smallest absolute Gasteiger partial charge is 0.308 e. The zero-order valence-corrected chi connectivity index (χ0v) is 33.6. The first-order chi connectivity index (χ1) is 27.5. The molecule has 7 atom stereocenters. The lowest BCUT2D eigenvalue weighted by molar-refractivity contribution is -0.133. The molecule has 1 aromatic heterocycles. The SMILES string of the molecule is COc1c(C)cc2c(c1O)[C@@H]1C3[C@@H]4SC[C@]5(NCCc6c5[nH]c5ccc(C)cc65)C(=O)COC[C@H](c5c6c(c(C)c(OC(C)=O)c54)OCO6)N3[C@@H](C#N)[C@H](C2)N1C. The number of hydrogen-bond acceptors (Lipinski definition) is 13. The van der Waals surface area contributed by atoms with Crippen molar-refractivity contribution in [3.05, 3.63) is 74.5 Å². The third-order valence-corrected chi connectivity index (χ3v) is 14.8. The lowest BCUT2D eigenvalue weighted by atomic mass is 9.71. The van der Waals surface area contributed by atoms with Gasteiger partial charge in [-0.15, -0.1) is 11.8 Å². The van der Waals surface area contributed by atoms with Crippen molar-refractivity contribution < 1.29 is 38.4 Å². The highest BCUT2D eigenvalue weighted by Crippen LogP contribution is 2.64. The van der Waals surface area contributed by atoms with E-state index in [0.29, 0.717) is 41.5 Å². The van der Waals surface area contributed by atoms with Crippen molar-refractivity contribution in [1.82, 2.24) is 20.1 Å². The summed E-state index contributed by atoms with van der Waals surface area (Å²) < 4.78 is 31.0. The number of nitriles is 1. The number of aromatic hydroxyl groups is 1. The number of thioether (sulfide) groups is 1. The molecule has 3 aromatic carbocycles. The molecule has 296 valence electrons. The number of nitrogens with one attached hydrogen (secondary N) is 2. The quantitative estimate of drug-likeness (QED) is 0.182. The van der Waals surface area contributed by atoms with Crippen molar-refractivity contribution in [3.63, 3.8) is 0 Å². The van der Waals surface area contributed by atoms with Crippen LogP contribution in [-0.4, -0.2) is 96.2 Å². The van der Waals surface area contributed by atoms with E-state index in [1.807, 2.05) is 20.9 Å². The molecule has 0 saturated carbocycles. The first-order valence-electron chi connectivity index (χ1n) is 19.5. The summed E-state index contributed by atoms with van der Waals surface area (Å²) in [4.78, 5) is 36.1. The van der Waals surface area contributed by atoms with Crippen LogP contribution < -0.4 is 24.3 Å². The molecule has 0 amide bonds. The van der Waals surface area contributed by atoms with Gasteiger partial charge in [0.05, 0.1) is 37.1 Å². The van der Waals surface area contributed by atoms with Crippen molar-refractivity contribution >= 4 is 34.4 Å². The minimum absolute atomic E-state index is 0.0227. The predicted octanol–water partition coefficient (Wildman–Crippen LogP) is 5.11. The van der Waals surface area contributed by atoms with Gasteiger partial charge in [0.15, 0.2) is 28.8 Å². The van der Waals surface area contributed by atoms with Crippen LogP contribution in [0, 0.1) is 32.1 Å². The fourth-order valence-electron chi connectivity index (χ4n) is 11.0. The summed E-state index contributed by atoms with van der Waals surface area (Å²) in [7, 11) is 3.59. The molecule has 1 spiro atoms. The van der Waals surface area contributed by atoms with Gasteiger partial charge in [0.1, 0.15) is 23.9 Å². The Bertz CT molecular complexity index is 2460. The zero-order chi connectivity index (χ0) is 39.7. The number of H-pyrrole nitrogens is 1. The lowest BCUT2D eigenvalue weighted by Crippen LogP contribution is -2.69. The normalized spacial score (nSPS) is 28.9. The molecule has 4 bridgehead atoms. The first kappa shape index (κ1) is 36.6. The highest BCUT2D eigenvalue weighted by molar-refractivity contribution is 7.99. The van der Waals surface area contributed by atoms with E-state index in [9.17, 15) is 20.0 Å². The molecule has 11 rings (SSSR count). The minimum Gasteiger partial charge on any atom is -0.504 e.